The van der Waals surface area contributed by atoms with Crippen LogP contribution in [0.5, 0.6) is 0 Å². The number of nitro groups is 1. The quantitative estimate of drug-likeness (QED) is 0.293. The predicted molar refractivity (Wildman–Crippen MR) is 36.2 cm³/mol. The Hall–Kier alpha value is -1.33. The van der Waals surface area contributed by atoms with Crippen molar-refractivity contribution < 1.29 is 9.83 Å². The van der Waals surface area contributed by atoms with Gasteiger partial charge in [0.05, 0.1) is 13.1 Å². The van der Waals surface area contributed by atoms with Crippen LogP contribution in [0, 0.1) is 10.1 Å². The van der Waals surface area contributed by atoms with Gasteiger partial charge in [-0.15, -0.1) is 5.01 Å². The number of amides is 1. The largest absolute Gasteiger partial charge is 0.341 e. The van der Waals surface area contributed by atoms with Gasteiger partial charge in [-0.05, 0) is 0 Å². The lowest BCUT2D eigenvalue weighted by atomic mass is 10.4. The highest BCUT2D eigenvalue weighted by molar-refractivity contribution is 5.47. The number of nitrogens with zero attached hydrogens (tertiary/aromatic N) is 3. The summed E-state index contributed by atoms with van der Waals surface area (Å²) in [7, 11) is 0. The number of hydrogen-bond donors (Lipinski definition) is 0. The molecule has 1 amide bonds. The van der Waals surface area contributed by atoms with Gasteiger partial charge in [0.15, 0.2) is 5.03 Å². The van der Waals surface area contributed by atoms with Gasteiger partial charge >= 0.3 is 0 Å². The minimum absolute atomic E-state index is 0.325. The van der Waals surface area contributed by atoms with E-state index >= 15 is 0 Å². The minimum atomic E-state index is -0.428. The molecular weight excluding hydrogens is 150 g/mol. The fourth-order valence-electron chi connectivity index (χ4n) is 0.980. The van der Waals surface area contributed by atoms with Crippen molar-refractivity contribution in [2.75, 3.05) is 26.2 Å². The molecular formula is C5H9N3O3. The lowest BCUT2D eigenvalue weighted by Gasteiger charge is -2.26. The van der Waals surface area contributed by atoms with Crippen molar-refractivity contribution in [3.63, 3.8) is 0 Å². The van der Waals surface area contributed by atoms with Crippen LogP contribution in [0.25, 0.3) is 0 Å². The number of hydrazine groups is 1. The zero-order valence-electron chi connectivity index (χ0n) is 5.97. The van der Waals surface area contributed by atoms with Crippen molar-refractivity contribution in [2.24, 2.45) is 0 Å². The molecule has 0 N–H and O–H groups in total. The lowest BCUT2D eigenvalue weighted by Crippen LogP contribution is -2.47. The van der Waals surface area contributed by atoms with E-state index in [4.69, 9.17) is 0 Å². The van der Waals surface area contributed by atoms with Gasteiger partial charge in [-0.3, -0.25) is 4.79 Å². The third kappa shape index (κ3) is 1.79. The van der Waals surface area contributed by atoms with Gasteiger partial charge in [0.2, 0.25) is 6.41 Å². The second-order valence-electron chi connectivity index (χ2n) is 2.33. The summed E-state index contributed by atoms with van der Waals surface area (Å²) in [5.41, 5.74) is 0. The molecule has 1 rings (SSSR count). The maximum absolute atomic E-state index is 10.2. The molecule has 1 heterocycles. The van der Waals surface area contributed by atoms with Crippen LogP contribution >= 0.6 is 0 Å². The van der Waals surface area contributed by atoms with E-state index in [1.165, 1.54) is 4.90 Å². The summed E-state index contributed by atoms with van der Waals surface area (Å²) in [6, 6.07) is 0. The summed E-state index contributed by atoms with van der Waals surface area (Å²) in [5.74, 6) is 0. The second-order valence-corrected chi connectivity index (χ2v) is 2.33. The van der Waals surface area contributed by atoms with Crippen LogP contribution in [0.15, 0.2) is 0 Å². The molecule has 1 fully saturated rings. The molecule has 1 saturated heterocycles. The third-order valence-electron chi connectivity index (χ3n) is 1.67. The molecule has 0 bridgehead atoms. The van der Waals surface area contributed by atoms with E-state index in [-0.39, 0.29) is 0 Å². The van der Waals surface area contributed by atoms with E-state index in [0.717, 1.165) is 11.4 Å². The number of carbonyl (C=O) groups is 1. The summed E-state index contributed by atoms with van der Waals surface area (Å²) < 4.78 is 0. The van der Waals surface area contributed by atoms with E-state index in [1.54, 1.807) is 0 Å². The third-order valence-corrected chi connectivity index (χ3v) is 1.67. The average molecular weight is 159 g/mol. The number of carbonyl (C=O) groups excluding carboxylic acids is 1. The molecule has 0 spiro atoms. The fraction of sp³-hybridized carbons (Fsp3) is 0.800. The first-order valence-corrected chi connectivity index (χ1v) is 3.32. The smallest absolute Gasteiger partial charge is 0.209 e. The molecule has 0 aromatic rings. The van der Waals surface area contributed by atoms with Crippen molar-refractivity contribution >= 4 is 6.41 Å². The van der Waals surface area contributed by atoms with Gasteiger partial charge in [-0.1, -0.05) is 0 Å². The molecule has 0 aliphatic carbocycles. The highest BCUT2D eigenvalue weighted by Gasteiger charge is 2.21. The highest BCUT2D eigenvalue weighted by atomic mass is 16.7. The first-order valence-electron chi connectivity index (χ1n) is 3.32. The van der Waals surface area contributed by atoms with E-state index in [1.807, 2.05) is 0 Å². The molecule has 0 saturated carbocycles. The minimum Gasteiger partial charge on any atom is -0.341 e. The fourth-order valence-corrected chi connectivity index (χ4v) is 0.980. The topological polar surface area (TPSA) is 66.7 Å². The van der Waals surface area contributed by atoms with Crippen LogP contribution in [0.2, 0.25) is 0 Å². The van der Waals surface area contributed by atoms with Crippen molar-refractivity contribution in [3.8, 4) is 0 Å². The molecule has 62 valence electrons. The summed E-state index contributed by atoms with van der Waals surface area (Å²) in [4.78, 5) is 21.9. The van der Waals surface area contributed by atoms with Gasteiger partial charge in [0, 0.05) is 13.1 Å². The van der Waals surface area contributed by atoms with Gasteiger partial charge in [0.1, 0.15) is 0 Å². The van der Waals surface area contributed by atoms with Crippen molar-refractivity contribution in [1.29, 1.82) is 0 Å². The normalized spacial score (nSPS) is 18.2. The van der Waals surface area contributed by atoms with Crippen LogP contribution in [0.3, 0.4) is 0 Å². The highest BCUT2D eigenvalue weighted by Crippen LogP contribution is 1.97. The van der Waals surface area contributed by atoms with Gasteiger partial charge in [0.25, 0.3) is 0 Å². The van der Waals surface area contributed by atoms with Crippen molar-refractivity contribution in [2.45, 2.75) is 0 Å². The van der Waals surface area contributed by atoms with E-state index < -0.39 is 5.03 Å². The SMILES string of the molecule is O=CN1CCN([N+](=O)[O-])CC1. The molecule has 0 aromatic heterocycles. The Balaban J connectivity index is 2.35. The maximum atomic E-state index is 10.2. The second kappa shape index (κ2) is 3.18. The molecule has 0 aromatic carbocycles. The number of piperazine rings is 1. The van der Waals surface area contributed by atoms with E-state index in [9.17, 15) is 14.9 Å². The summed E-state index contributed by atoms with van der Waals surface area (Å²) >= 11 is 0. The van der Waals surface area contributed by atoms with Gasteiger partial charge < -0.3 is 4.90 Å². The van der Waals surface area contributed by atoms with Crippen LogP contribution in [0.1, 0.15) is 0 Å². The first kappa shape index (κ1) is 7.77. The van der Waals surface area contributed by atoms with Crippen molar-refractivity contribution in [3.05, 3.63) is 10.1 Å². The lowest BCUT2D eigenvalue weighted by molar-refractivity contribution is -0.657. The molecule has 0 atom stereocenters. The van der Waals surface area contributed by atoms with Crippen LogP contribution in [-0.4, -0.2) is 47.5 Å². The summed E-state index contributed by atoms with van der Waals surface area (Å²) in [6.45, 7) is 1.55. The Bertz CT molecular complexity index is 164. The Morgan fingerprint density at radius 2 is 1.82 bits per heavy atom. The molecule has 1 aliphatic heterocycles. The van der Waals surface area contributed by atoms with Gasteiger partial charge in [-0.2, -0.15) is 0 Å². The zero-order chi connectivity index (χ0) is 8.27. The molecule has 11 heavy (non-hydrogen) atoms. The Morgan fingerprint density at radius 1 is 1.27 bits per heavy atom. The Kier molecular flexibility index (Phi) is 2.25. The predicted octanol–water partition coefficient (Wildman–Crippen LogP) is -1.05. The van der Waals surface area contributed by atoms with Gasteiger partial charge in [-0.25, -0.2) is 10.1 Å². The first-order chi connectivity index (χ1) is 5.24. The van der Waals surface area contributed by atoms with Crippen LogP contribution < -0.4 is 0 Å². The molecule has 0 radical (unpaired) electrons. The van der Waals surface area contributed by atoms with E-state index in [0.29, 0.717) is 26.2 Å². The summed E-state index contributed by atoms with van der Waals surface area (Å²) in [6.07, 6.45) is 0.720. The van der Waals surface area contributed by atoms with Crippen LogP contribution in [-0.2, 0) is 4.79 Å². The molecule has 0 unspecified atom stereocenters. The standard InChI is InChI=1S/C5H9N3O3/c9-5-6-1-3-7(4-2-6)8(10)11/h5H,1-4H2. The molecule has 6 nitrogen and oxygen atoms in total. The van der Waals surface area contributed by atoms with E-state index in [2.05, 4.69) is 0 Å². The monoisotopic (exact) mass is 159 g/mol. The molecule has 6 heteroatoms. The number of rotatable bonds is 2. The molecule has 1 aliphatic rings. The zero-order valence-corrected chi connectivity index (χ0v) is 5.97. The summed E-state index contributed by atoms with van der Waals surface area (Å²) in [5, 5.41) is 10.9. The maximum Gasteiger partial charge on any atom is 0.209 e. The number of hydrogen-bond acceptors (Lipinski definition) is 3. The Morgan fingerprint density at radius 3 is 2.18 bits per heavy atom. The van der Waals surface area contributed by atoms with Crippen molar-refractivity contribution in [1.82, 2.24) is 9.91 Å². The average Bonchev–Trinajstić information content (AvgIpc) is 2.05. The van der Waals surface area contributed by atoms with Crippen LogP contribution in [0.4, 0.5) is 0 Å². The Labute approximate surface area is 63.5 Å².